The van der Waals surface area contributed by atoms with Gasteiger partial charge >= 0.3 is 0 Å². The molecule has 0 saturated carbocycles. The van der Waals surface area contributed by atoms with Gasteiger partial charge in [-0.3, -0.25) is 0 Å². The molecule has 2 N–H and O–H groups in total. The van der Waals surface area contributed by atoms with E-state index in [0.717, 1.165) is 36.0 Å². The van der Waals surface area contributed by atoms with Crippen LogP contribution in [-0.4, -0.2) is 23.1 Å². The van der Waals surface area contributed by atoms with Crippen molar-refractivity contribution in [3.63, 3.8) is 0 Å². The van der Waals surface area contributed by atoms with E-state index in [1.807, 2.05) is 43.3 Å². The molecule has 0 unspecified atom stereocenters. The zero-order chi connectivity index (χ0) is 17.3. The lowest BCUT2D eigenvalue weighted by atomic mass is 10.1. The van der Waals surface area contributed by atoms with Crippen molar-refractivity contribution in [3.8, 4) is 5.75 Å². The first-order chi connectivity index (χ1) is 12.3. The van der Waals surface area contributed by atoms with E-state index in [0.29, 0.717) is 6.61 Å². The van der Waals surface area contributed by atoms with Crippen molar-refractivity contribution in [1.82, 2.24) is 9.97 Å². The van der Waals surface area contributed by atoms with Gasteiger partial charge < -0.3 is 15.4 Å². The van der Waals surface area contributed by atoms with Crippen LogP contribution in [0.4, 0.5) is 17.3 Å². The minimum Gasteiger partial charge on any atom is -0.492 e. The highest BCUT2D eigenvalue weighted by Gasteiger charge is 2.04. The molecular formula is C20H22N4O. The summed E-state index contributed by atoms with van der Waals surface area (Å²) in [5.74, 6) is 2.33. The van der Waals surface area contributed by atoms with Gasteiger partial charge in [0.2, 0.25) is 0 Å². The lowest BCUT2D eigenvalue weighted by molar-refractivity contribution is 0.342. The Morgan fingerprint density at radius 3 is 2.52 bits per heavy atom. The van der Waals surface area contributed by atoms with Crippen molar-refractivity contribution in [2.24, 2.45) is 0 Å². The van der Waals surface area contributed by atoms with Crippen LogP contribution in [0.25, 0.3) is 0 Å². The third-order valence-corrected chi connectivity index (χ3v) is 3.68. The molecule has 0 atom stereocenters. The molecule has 2 aromatic carbocycles. The van der Waals surface area contributed by atoms with Gasteiger partial charge in [0, 0.05) is 12.6 Å². The highest BCUT2D eigenvalue weighted by Crippen LogP contribution is 2.26. The number of rotatable bonds is 8. The lowest BCUT2D eigenvalue weighted by Gasteiger charge is -2.12. The Hall–Kier alpha value is -3.08. The van der Waals surface area contributed by atoms with Gasteiger partial charge in [-0.1, -0.05) is 42.5 Å². The van der Waals surface area contributed by atoms with E-state index in [2.05, 4.69) is 44.9 Å². The van der Waals surface area contributed by atoms with E-state index in [4.69, 9.17) is 4.74 Å². The standard InChI is InChI=1S/C20H22N4O/c1-2-25-18-11-7-6-10-17(18)24-20-14-19(22-15-23-20)21-13-12-16-8-4-3-5-9-16/h3-11,14-15H,2,12-13H2,1H3,(H2,21,22,23,24). The Morgan fingerprint density at radius 2 is 1.68 bits per heavy atom. The third-order valence-electron chi connectivity index (χ3n) is 3.68. The van der Waals surface area contributed by atoms with Crippen molar-refractivity contribution in [1.29, 1.82) is 0 Å². The third kappa shape index (κ3) is 4.94. The fourth-order valence-electron chi connectivity index (χ4n) is 2.49. The molecule has 25 heavy (non-hydrogen) atoms. The molecule has 1 aromatic heterocycles. The molecule has 1 heterocycles. The van der Waals surface area contributed by atoms with Crippen LogP contribution in [0.1, 0.15) is 12.5 Å². The largest absolute Gasteiger partial charge is 0.492 e. The molecule has 0 bridgehead atoms. The molecular weight excluding hydrogens is 312 g/mol. The average Bonchev–Trinajstić information content (AvgIpc) is 2.65. The van der Waals surface area contributed by atoms with Gasteiger partial charge in [-0.15, -0.1) is 0 Å². The first-order valence-corrected chi connectivity index (χ1v) is 8.44. The second kappa shape index (κ2) is 8.68. The molecule has 5 nitrogen and oxygen atoms in total. The fraction of sp³-hybridized carbons (Fsp3) is 0.200. The summed E-state index contributed by atoms with van der Waals surface area (Å²) in [6.45, 7) is 3.40. The van der Waals surface area contributed by atoms with Gasteiger partial charge in [0.1, 0.15) is 23.7 Å². The Balaban J connectivity index is 1.62. The van der Waals surface area contributed by atoms with Crippen LogP contribution in [-0.2, 0) is 6.42 Å². The minimum absolute atomic E-state index is 0.620. The smallest absolute Gasteiger partial charge is 0.142 e. The quantitative estimate of drug-likeness (QED) is 0.644. The molecule has 5 heteroatoms. The van der Waals surface area contributed by atoms with E-state index in [1.165, 1.54) is 5.56 Å². The summed E-state index contributed by atoms with van der Waals surface area (Å²) < 4.78 is 5.63. The number of ether oxygens (including phenoxy) is 1. The maximum absolute atomic E-state index is 5.63. The Morgan fingerprint density at radius 1 is 0.920 bits per heavy atom. The zero-order valence-corrected chi connectivity index (χ0v) is 14.3. The maximum Gasteiger partial charge on any atom is 0.142 e. The molecule has 0 aliphatic carbocycles. The monoisotopic (exact) mass is 334 g/mol. The van der Waals surface area contributed by atoms with Crippen molar-refractivity contribution in [2.75, 3.05) is 23.8 Å². The number of nitrogens with zero attached hydrogens (tertiary/aromatic N) is 2. The molecule has 0 aliphatic rings. The lowest BCUT2D eigenvalue weighted by Crippen LogP contribution is -2.07. The molecule has 0 fully saturated rings. The maximum atomic E-state index is 5.63. The molecule has 0 saturated heterocycles. The molecule has 3 rings (SSSR count). The molecule has 128 valence electrons. The molecule has 0 amide bonds. The fourth-order valence-corrected chi connectivity index (χ4v) is 2.49. The Kier molecular flexibility index (Phi) is 5.82. The number of hydrogen-bond acceptors (Lipinski definition) is 5. The average molecular weight is 334 g/mol. The highest BCUT2D eigenvalue weighted by molar-refractivity contribution is 5.65. The van der Waals surface area contributed by atoms with Crippen LogP contribution in [0.2, 0.25) is 0 Å². The predicted molar refractivity (Wildman–Crippen MR) is 102 cm³/mol. The van der Waals surface area contributed by atoms with Gasteiger partial charge in [-0.05, 0) is 31.0 Å². The number of para-hydroxylation sites is 2. The van der Waals surface area contributed by atoms with Gasteiger partial charge in [-0.25, -0.2) is 9.97 Å². The summed E-state index contributed by atoms with van der Waals surface area (Å²) in [5.41, 5.74) is 2.19. The van der Waals surface area contributed by atoms with Gasteiger partial charge in [0.25, 0.3) is 0 Å². The van der Waals surface area contributed by atoms with Crippen LogP contribution in [0.15, 0.2) is 67.0 Å². The number of anilines is 3. The normalized spacial score (nSPS) is 10.3. The first-order valence-electron chi connectivity index (χ1n) is 8.44. The van der Waals surface area contributed by atoms with Crippen molar-refractivity contribution < 1.29 is 4.74 Å². The summed E-state index contributed by atoms with van der Waals surface area (Å²) >= 11 is 0. The van der Waals surface area contributed by atoms with E-state index in [-0.39, 0.29) is 0 Å². The molecule has 3 aromatic rings. The number of nitrogens with one attached hydrogen (secondary N) is 2. The highest BCUT2D eigenvalue weighted by atomic mass is 16.5. The predicted octanol–water partition coefficient (Wildman–Crippen LogP) is 4.27. The number of hydrogen-bond donors (Lipinski definition) is 2. The molecule has 0 spiro atoms. The number of aromatic nitrogens is 2. The van der Waals surface area contributed by atoms with Crippen LogP contribution in [0.5, 0.6) is 5.75 Å². The molecule has 0 radical (unpaired) electrons. The van der Waals surface area contributed by atoms with Crippen molar-refractivity contribution in [2.45, 2.75) is 13.3 Å². The second-order valence-electron chi connectivity index (χ2n) is 5.51. The summed E-state index contributed by atoms with van der Waals surface area (Å²) in [5, 5.41) is 6.63. The Labute approximate surface area is 148 Å². The Bertz CT molecular complexity index is 792. The van der Waals surface area contributed by atoms with E-state index in [1.54, 1.807) is 6.33 Å². The number of benzene rings is 2. The van der Waals surface area contributed by atoms with E-state index >= 15 is 0 Å². The summed E-state index contributed by atoms with van der Waals surface area (Å²) in [4.78, 5) is 8.56. The zero-order valence-electron chi connectivity index (χ0n) is 14.3. The van der Waals surface area contributed by atoms with Crippen LogP contribution in [0.3, 0.4) is 0 Å². The van der Waals surface area contributed by atoms with E-state index in [9.17, 15) is 0 Å². The van der Waals surface area contributed by atoms with Gasteiger partial charge in [0.15, 0.2) is 0 Å². The first kappa shape index (κ1) is 16.8. The van der Waals surface area contributed by atoms with Gasteiger partial charge in [-0.2, -0.15) is 0 Å². The topological polar surface area (TPSA) is 59.1 Å². The summed E-state index contributed by atoms with van der Waals surface area (Å²) in [6, 6.07) is 20.1. The van der Waals surface area contributed by atoms with Crippen LogP contribution < -0.4 is 15.4 Å². The minimum atomic E-state index is 0.620. The SMILES string of the molecule is CCOc1ccccc1Nc1cc(NCCc2ccccc2)ncn1. The summed E-state index contributed by atoms with van der Waals surface area (Å²) in [7, 11) is 0. The second-order valence-corrected chi connectivity index (χ2v) is 5.51. The van der Waals surface area contributed by atoms with Gasteiger partial charge in [0.05, 0.1) is 12.3 Å². The van der Waals surface area contributed by atoms with Crippen molar-refractivity contribution in [3.05, 3.63) is 72.6 Å². The molecule has 0 aliphatic heterocycles. The van der Waals surface area contributed by atoms with Crippen LogP contribution in [0, 0.1) is 0 Å². The van der Waals surface area contributed by atoms with Crippen LogP contribution >= 0.6 is 0 Å². The van der Waals surface area contributed by atoms with Crippen molar-refractivity contribution >= 4 is 17.3 Å². The summed E-state index contributed by atoms with van der Waals surface area (Å²) in [6.07, 6.45) is 2.50. The van der Waals surface area contributed by atoms with E-state index < -0.39 is 0 Å².